The summed E-state index contributed by atoms with van der Waals surface area (Å²) in [6.07, 6.45) is 3.06. The highest BCUT2D eigenvalue weighted by molar-refractivity contribution is 5.91. The number of nitrogens with zero attached hydrogens (tertiary/aromatic N) is 7. The second-order valence-electron chi connectivity index (χ2n) is 12.4. The Labute approximate surface area is 249 Å². The molecule has 11 nitrogen and oxygen atoms in total. The van der Waals surface area contributed by atoms with Gasteiger partial charge in [0.2, 0.25) is 11.7 Å². The highest BCUT2D eigenvalue weighted by Gasteiger charge is 2.43. The molecule has 3 saturated heterocycles. The summed E-state index contributed by atoms with van der Waals surface area (Å²) in [7, 11) is 1.48. The fourth-order valence-corrected chi connectivity index (χ4v) is 7.05. The number of benzene rings is 1. The number of fused-ring (bicyclic) bond motifs is 2. The first-order chi connectivity index (χ1) is 20.7. The van der Waals surface area contributed by atoms with Crippen molar-refractivity contribution >= 4 is 28.9 Å². The van der Waals surface area contributed by atoms with Gasteiger partial charge in [-0.2, -0.15) is 0 Å². The molecule has 3 aromatic heterocycles. The lowest BCUT2D eigenvalue weighted by atomic mass is 9.82. The molecule has 11 heteroatoms. The van der Waals surface area contributed by atoms with Crippen LogP contribution in [0, 0.1) is 18.8 Å². The van der Waals surface area contributed by atoms with Crippen LogP contribution in [0.15, 0.2) is 54.7 Å². The maximum atomic E-state index is 13.6. The van der Waals surface area contributed by atoms with Gasteiger partial charge in [-0.1, -0.05) is 37.3 Å². The molecule has 1 amide bonds. The highest BCUT2D eigenvalue weighted by Crippen LogP contribution is 2.38. The van der Waals surface area contributed by atoms with Crippen molar-refractivity contribution in [3.05, 3.63) is 77.4 Å². The normalized spacial score (nSPS) is 23.3. The topological polar surface area (TPSA) is 116 Å². The quantitative estimate of drug-likeness (QED) is 0.365. The van der Waals surface area contributed by atoms with Crippen molar-refractivity contribution < 1.29 is 19.4 Å². The van der Waals surface area contributed by atoms with E-state index >= 15 is 0 Å². The third kappa shape index (κ3) is 4.82. The average Bonchev–Trinajstić information content (AvgIpc) is 3.79. The Balaban J connectivity index is 1.05. The van der Waals surface area contributed by atoms with Gasteiger partial charge in [-0.25, -0.2) is 19.3 Å². The zero-order valence-corrected chi connectivity index (χ0v) is 24.6. The number of amides is 1. The molecule has 4 aromatic rings. The molecule has 1 N–H and O–H groups in total. The fraction of sp³-hybridized carbons (Fsp3) is 0.406. The maximum Gasteiger partial charge on any atom is 0.354 e. The number of ether oxygens (including phenoxy) is 1. The number of rotatable bonds is 6. The van der Waals surface area contributed by atoms with E-state index in [0.717, 1.165) is 49.5 Å². The minimum Gasteiger partial charge on any atom is -0.481 e. The van der Waals surface area contributed by atoms with Gasteiger partial charge in [0.1, 0.15) is 0 Å². The third-order valence-corrected chi connectivity index (χ3v) is 9.46. The molecule has 0 radical (unpaired) electrons. The Morgan fingerprint density at radius 3 is 2.42 bits per heavy atom. The number of hydrogen-bond donors (Lipinski definition) is 1. The molecule has 0 bridgehead atoms. The third-order valence-electron chi connectivity index (χ3n) is 9.46. The van der Waals surface area contributed by atoms with Gasteiger partial charge in [0.15, 0.2) is 11.3 Å². The molecule has 7 rings (SSSR count). The van der Waals surface area contributed by atoms with E-state index in [9.17, 15) is 14.7 Å². The number of likely N-dealkylation sites (tertiary alicyclic amines) is 1. The number of carbonyl (C=O) groups excluding carboxylic acids is 1. The summed E-state index contributed by atoms with van der Waals surface area (Å²) in [5, 5.41) is 14.1. The second-order valence-corrected chi connectivity index (χ2v) is 12.4. The lowest BCUT2D eigenvalue weighted by molar-refractivity contribution is 0.0688. The summed E-state index contributed by atoms with van der Waals surface area (Å²) in [6, 6.07) is 16.2. The van der Waals surface area contributed by atoms with E-state index in [1.807, 2.05) is 18.0 Å². The Kier molecular flexibility index (Phi) is 6.48. The number of carboxylic acids is 1. The molecule has 3 atom stereocenters. The molecule has 0 saturated carbocycles. The van der Waals surface area contributed by atoms with E-state index in [1.54, 1.807) is 16.6 Å². The van der Waals surface area contributed by atoms with Crippen LogP contribution < -0.4 is 14.5 Å². The van der Waals surface area contributed by atoms with Crippen LogP contribution in [0.4, 0.5) is 11.4 Å². The number of aryl methyl sites for hydroxylation is 1. The predicted octanol–water partition coefficient (Wildman–Crippen LogP) is 3.52. The van der Waals surface area contributed by atoms with E-state index in [2.05, 4.69) is 68.2 Å². The highest BCUT2D eigenvalue weighted by atomic mass is 16.5. The molecule has 1 aromatic carbocycles. The number of hydrogen-bond acceptors (Lipinski definition) is 8. The second kappa shape index (κ2) is 10.3. The maximum absolute atomic E-state index is 13.6. The van der Waals surface area contributed by atoms with Gasteiger partial charge in [0.25, 0.3) is 5.91 Å². The van der Waals surface area contributed by atoms with Gasteiger partial charge < -0.3 is 24.5 Å². The van der Waals surface area contributed by atoms with E-state index in [0.29, 0.717) is 18.7 Å². The molecule has 43 heavy (non-hydrogen) atoms. The molecular weight excluding hydrogens is 546 g/mol. The van der Waals surface area contributed by atoms with Crippen molar-refractivity contribution in [3.8, 4) is 5.88 Å². The SMILES string of the molecule is COc1cc(N2C[C@H]3CN(C(=O)c4nc5c(C)cc(N6CC[C@](C)(c7ccccc7)C6)cn5n4)C[C@H]3C2)cc(C(=O)O)n1. The van der Waals surface area contributed by atoms with Crippen molar-refractivity contribution in [2.75, 3.05) is 56.2 Å². The molecular formula is C32H35N7O4. The summed E-state index contributed by atoms with van der Waals surface area (Å²) in [5.74, 6) is -0.203. The summed E-state index contributed by atoms with van der Waals surface area (Å²) in [4.78, 5) is 40.2. The number of carboxylic acid groups (broad SMARTS) is 1. The van der Waals surface area contributed by atoms with Crippen LogP contribution in [-0.2, 0) is 5.41 Å². The van der Waals surface area contributed by atoms with E-state index in [1.165, 1.54) is 12.7 Å². The number of aromatic nitrogens is 4. The van der Waals surface area contributed by atoms with Gasteiger partial charge in [0, 0.05) is 68.3 Å². The zero-order chi connectivity index (χ0) is 29.9. The van der Waals surface area contributed by atoms with Crippen LogP contribution in [0.5, 0.6) is 5.88 Å². The first kappa shape index (κ1) is 27.2. The van der Waals surface area contributed by atoms with Crippen LogP contribution in [-0.4, -0.2) is 87.8 Å². The average molecular weight is 582 g/mol. The Bertz CT molecular complexity index is 1710. The Hall–Kier alpha value is -4.67. The minimum atomic E-state index is -1.09. The van der Waals surface area contributed by atoms with Gasteiger partial charge in [-0.3, -0.25) is 4.79 Å². The van der Waals surface area contributed by atoms with Gasteiger partial charge in [-0.15, -0.1) is 5.10 Å². The first-order valence-corrected chi connectivity index (χ1v) is 14.7. The Morgan fingerprint density at radius 1 is 0.977 bits per heavy atom. The summed E-state index contributed by atoms with van der Waals surface area (Å²) in [6.45, 7) is 8.88. The van der Waals surface area contributed by atoms with Gasteiger partial charge in [-0.05, 0) is 36.6 Å². The molecule has 0 unspecified atom stereocenters. The largest absolute Gasteiger partial charge is 0.481 e. The van der Waals surface area contributed by atoms with Crippen molar-refractivity contribution in [1.29, 1.82) is 0 Å². The monoisotopic (exact) mass is 581 g/mol. The van der Waals surface area contributed by atoms with E-state index in [-0.39, 0.29) is 40.6 Å². The Morgan fingerprint density at radius 2 is 1.72 bits per heavy atom. The molecule has 0 aliphatic carbocycles. The summed E-state index contributed by atoms with van der Waals surface area (Å²) >= 11 is 0. The molecule has 3 aliphatic heterocycles. The number of aromatic carboxylic acids is 1. The van der Waals surface area contributed by atoms with Crippen molar-refractivity contribution in [2.24, 2.45) is 11.8 Å². The molecule has 3 fully saturated rings. The minimum absolute atomic E-state index is 0.0467. The van der Waals surface area contributed by atoms with E-state index in [4.69, 9.17) is 4.74 Å². The van der Waals surface area contributed by atoms with E-state index < -0.39 is 5.97 Å². The lowest BCUT2D eigenvalue weighted by Crippen LogP contribution is -2.34. The lowest BCUT2D eigenvalue weighted by Gasteiger charge is -2.26. The molecule has 6 heterocycles. The van der Waals surface area contributed by atoms with Crippen LogP contribution >= 0.6 is 0 Å². The smallest absolute Gasteiger partial charge is 0.354 e. The fourth-order valence-electron chi connectivity index (χ4n) is 7.05. The van der Waals surface area contributed by atoms with Crippen LogP contribution in [0.25, 0.3) is 5.65 Å². The van der Waals surface area contributed by atoms with Crippen molar-refractivity contribution in [2.45, 2.75) is 25.7 Å². The summed E-state index contributed by atoms with van der Waals surface area (Å²) < 4.78 is 6.98. The number of anilines is 2. The van der Waals surface area contributed by atoms with Gasteiger partial charge >= 0.3 is 5.97 Å². The first-order valence-electron chi connectivity index (χ1n) is 14.7. The number of methoxy groups -OCH3 is 1. The van der Waals surface area contributed by atoms with Gasteiger partial charge in [0.05, 0.1) is 19.0 Å². The molecule has 3 aliphatic rings. The van der Waals surface area contributed by atoms with Crippen molar-refractivity contribution in [3.63, 3.8) is 0 Å². The standard InChI is InChI=1S/C32H35N7O4/c1-20-11-25(36-10-9-32(2,19-36)23-7-5-4-6-8-23)18-39-29(20)34-28(35-39)30(40)38-16-21-14-37(15-22(21)17-38)24-12-26(31(41)42)33-27(13-24)43-3/h4-8,11-13,18,21-22H,9-10,14-17,19H2,1-3H3,(H,41,42)/t21-,22+,32-/m0/s1. The zero-order valence-electron chi connectivity index (χ0n) is 24.6. The number of carbonyl (C=O) groups is 2. The summed E-state index contributed by atoms with van der Waals surface area (Å²) in [5.41, 5.74) is 4.93. The van der Waals surface area contributed by atoms with Crippen LogP contribution in [0.1, 0.15) is 45.6 Å². The molecule has 0 spiro atoms. The van der Waals surface area contributed by atoms with Crippen LogP contribution in [0.2, 0.25) is 0 Å². The molecule has 222 valence electrons. The van der Waals surface area contributed by atoms with Crippen molar-refractivity contribution in [1.82, 2.24) is 24.5 Å². The number of pyridine rings is 2. The predicted molar refractivity (Wildman–Crippen MR) is 161 cm³/mol. The van der Waals surface area contributed by atoms with Crippen LogP contribution in [0.3, 0.4) is 0 Å².